The third kappa shape index (κ3) is 6.65. The number of amides is 2. The van der Waals surface area contributed by atoms with Gasteiger partial charge in [0.1, 0.15) is 23.5 Å². The minimum absolute atomic E-state index is 0.0121. The molecule has 10 nitrogen and oxygen atoms in total. The molecular weight excluding hydrogens is 697 g/mol. The normalized spacial score (nSPS) is 38.5. The van der Waals surface area contributed by atoms with Gasteiger partial charge in [0.15, 0.2) is 0 Å². The second-order valence-electron chi connectivity index (χ2n) is 21.8. The van der Waals surface area contributed by atoms with Gasteiger partial charge in [-0.3, -0.25) is 24.1 Å². The first-order chi connectivity index (χ1) is 25.2. The summed E-state index contributed by atoms with van der Waals surface area (Å²) >= 11 is 0. The molecule has 2 amide bonds. The Kier molecular flexibility index (Phi) is 10.3. The van der Waals surface area contributed by atoms with Crippen molar-refractivity contribution in [2.24, 2.45) is 50.7 Å². The lowest BCUT2D eigenvalue weighted by atomic mass is 9.34. The molecule has 1 heterocycles. The Hall–Kier alpha value is -2.91. The number of fused-ring (bicyclic) bond motifs is 6. The van der Waals surface area contributed by atoms with Gasteiger partial charge in [-0.25, -0.2) is 4.79 Å². The number of carbonyl (C=O) groups excluding carboxylic acids is 4. The highest BCUT2D eigenvalue weighted by Crippen LogP contribution is 2.75. The highest BCUT2D eigenvalue weighted by Gasteiger charge is 2.69. The number of rotatable bonds is 7. The van der Waals surface area contributed by atoms with Gasteiger partial charge in [-0.2, -0.15) is 0 Å². The number of nitrogens with one attached hydrogen (secondary N) is 1. The van der Waals surface area contributed by atoms with Crippen LogP contribution in [0.4, 0.5) is 4.79 Å². The molecule has 0 radical (unpaired) electrons. The Morgan fingerprint density at radius 1 is 0.909 bits per heavy atom. The topological polar surface area (TPSA) is 139 Å². The van der Waals surface area contributed by atoms with Crippen LogP contribution in [-0.2, 0) is 28.7 Å². The second kappa shape index (κ2) is 13.6. The van der Waals surface area contributed by atoms with Crippen LogP contribution in [0, 0.1) is 50.7 Å². The molecule has 5 fully saturated rings. The molecule has 5 aliphatic carbocycles. The van der Waals surface area contributed by atoms with E-state index in [2.05, 4.69) is 53.8 Å². The average molecular weight is 767 g/mol. The minimum atomic E-state index is -1.18. The first-order valence-corrected chi connectivity index (χ1v) is 21.3. The predicted molar refractivity (Wildman–Crippen MR) is 210 cm³/mol. The summed E-state index contributed by atoms with van der Waals surface area (Å²) in [4.78, 5) is 68.2. The van der Waals surface area contributed by atoms with E-state index in [9.17, 15) is 29.1 Å². The predicted octanol–water partition coefficient (Wildman–Crippen LogP) is 8.65. The maximum Gasteiger partial charge on any atom is 0.410 e. The van der Waals surface area contributed by atoms with E-state index in [-0.39, 0.29) is 57.7 Å². The molecule has 0 spiro atoms. The number of nitrogens with zero attached hydrogens (tertiary/aromatic N) is 1. The quantitative estimate of drug-likeness (QED) is 0.194. The standard InChI is InChI=1S/C45H70N2O8/c1-26(2)34-29(48)24-45(46-36(50)28-14-13-23-47(28)38(53)55-39(3,4)5)22-21-43(11)27(35(34)45)15-16-31-42(10)19-18-32(54-33(49)25-40(6,7)37(51)52)41(8,9)30(42)17-20-44(31,43)12/h26,28,30-32,34H,13-25H2,1-12H3,(H,46,50)(H,51,52)/t28-,30?,31?,32+,34?,42+,43-,44-,45-/m1/s1. The van der Waals surface area contributed by atoms with Gasteiger partial charge in [-0.1, -0.05) is 54.0 Å². The molecule has 1 aliphatic heterocycles. The van der Waals surface area contributed by atoms with E-state index >= 15 is 0 Å². The van der Waals surface area contributed by atoms with Crippen LogP contribution in [-0.4, -0.2) is 69.6 Å². The van der Waals surface area contributed by atoms with E-state index in [1.165, 1.54) is 11.1 Å². The largest absolute Gasteiger partial charge is 0.481 e. The van der Waals surface area contributed by atoms with Gasteiger partial charge in [0.05, 0.1) is 17.4 Å². The zero-order valence-electron chi connectivity index (χ0n) is 35.9. The van der Waals surface area contributed by atoms with Gasteiger partial charge in [-0.15, -0.1) is 0 Å². The number of carboxylic acid groups (broad SMARTS) is 1. The Bertz CT molecular complexity index is 1650. The zero-order chi connectivity index (χ0) is 40.9. The van der Waals surface area contributed by atoms with Gasteiger partial charge >= 0.3 is 18.0 Å². The molecule has 0 aromatic carbocycles. The molecule has 2 N–H and O–H groups in total. The summed E-state index contributed by atoms with van der Waals surface area (Å²) in [5.74, 6) is -0.815. The Labute approximate surface area is 329 Å². The third-order valence-electron chi connectivity index (χ3n) is 16.3. The van der Waals surface area contributed by atoms with Crippen molar-refractivity contribution in [3.63, 3.8) is 0 Å². The van der Waals surface area contributed by atoms with Crippen LogP contribution in [0.1, 0.15) is 160 Å². The summed E-state index contributed by atoms with van der Waals surface area (Å²) in [5, 5.41) is 13.1. The highest BCUT2D eigenvalue weighted by molar-refractivity contribution is 5.94. The number of likely N-dealkylation sites (tertiary alicyclic amines) is 1. The van der Waals surface area contributed by atoms with Gasteiger partial charge in [0, 0.05) is 24.3 Å². The van der Waals surface area contributed by atoms with Crippen molar-refractivity contribution < 1.29 is 38.6 Å². The minimum Gasteiger partial charge on any atom is -0.481 e. The molecule has 1 saturated heterocycles. The molecule has 3 unspecified atom stereocenters. The lowest BCUT2D eigenvalue weighted by molar-refractivity contribution is -0.214. The second-order valence-corrected chi connectivity index (χ2v) is 21.8. The number of carboxylic acids is 1. The van der Waals surface area contributed by atoms with Crippen molar-refractivity contribution in [3.8, 4) is 0 Å². The van der Waals surface area contributed by atoms with Crippen LogP contribution < -0.4 is 5.32 Å². The van der Waals surface area contributed by atoms with Crippen molar-refractivity contribution in [1.29, 1.82) is 0 Å². The molecular formula is C45H70N2O8. The number of esters is 1. The fourth-order valence-corrected chi connectivity index (χ4v) is 13.4. The molecule has 0 aromatic heterocycles. The summed E-state index contributed by atoms with van der Waals surface area (Å²) in [6.07, 6.45) is 7.88. The van der Waals surface area contributed by atoms with Crippen LogP contribution in [0.25, 0.3) is 0 Å². The summed E-state index contributed by atoms with van der Waals surface area (Å²) in [6.45, 7) is 25.3. The number of aliphatic carboxylic acids is 1. The van der Waals surface area contributed by atoms with E-state index < -0.39 is 40.6 Å². The molecule has 308 valence electrons. The molecule has 0 aromatic rings. The Morgan fingerprint density at radius 2 is 1.58 bits per heavy atom. The van der Waals surface area contributed by atoms with Crippen molar-refractivity contribution in [2.75, 3.05) is 6.54 Å². The molecule has 0 bridgehead atoms. The summed E-state index contributed by atoms with van der Waals surface area (Å²) in [6, 6.07) is -0.623. The van der Waals surface area contributed by atoms with Crippen LogP contribution in [0.3, 0.4) is 0 Å². The molecule has 10 heteroatoms. The van der Waals surface area contributed by atoms with E-state index in [0.717, 1.165) is 51.4 Å². The number of ketones is 1. The van der Waals surface area contributed by atoms with E-state index in [4.69, 9.17) is 9.47 Å². The number of carbonyl (C=O) groups is 5. The fraction of sp³-hybridized carbons (Fsp3) is 0.844. The number of hydrogen-bond acceptors (Lipinski definition) is 7. The summed E-state index contributed by atoms with van der Waals surface area (Å²) in [7, 11) is 0. The van der Waals surface area contributed by atoms with Crippen LogP contribution in [0.2, 0.25) is 0 Å². The SMILES string of the molecule is CC(C)C1C(=O)C[C@]2(NC(=O)[C@H]3CCCN3C(=O)OC(C)(C)C)CC[C@]3(C)C(=C12)CCC1[C@@]2(C)CC[C@H](OC(=O)CC(C)(C)C(=O)O)C(C)(C)C2CC[C@]13C. The molecule has 55 heavy (non-hydrogen) atoms. The third-order valence-corrected chi connectivity index (χ3v) is 16.3. The average Bonchev–Trinajstić information content (AvgIpc) is 3.65. The van der Waals surface area contributed by atoms with E-state index in [0.29, 0.717) is 37.6 Å². The first kappa shape index (κ1) is 41.7. The van der Waals surface area contributed by atoms with Gasteiger partial charge < -0.3 is 19.9 Å². The highest BCUT2D eigenvalue weighted by atomic mass is 16.6. The maximum atomic E-state index is 14.3. The smallest absolute Gasteiger partial charge is 0.410 e. The maximum absolute atomic E-state index is 14.3. The van der Waals surface area contributed by atoms with Crippen molar-refractivity contribution in [3.05, 3.63) is 11.1 Å². The van der Waals surface area contributed by atoms with Crippen LogP contribution in [0.5, 0.6) is 0 Å². The molecule has 9 atom stereocenters. The Morgan fingerprint density at radius 3 is 2.20 bits per heavy atom. The van der Waals surface area contributed by atoms with E-state index in [1.807, 2.05) is 20.8 Å². The molecule has 4 saturated carbocycles. The molecule has 6 rings (SSSR count). The number of ether oxygens (including phenoxy) is 2. The number of Topliss-reactive ketones (excluding diaryl/α,β-unsaturated/α-hetero) is 1. The Balaban J connectivity index is 1.30. The number of allylic oxidation sites excluding steroid dienone is 1. The van der Waals surface area contributed by atoms with Gasteiger partial charge in [0.25, 0.3) is 0 Å². The molecule has 6 aliphatic rings. The fourth-order valence-electron chi connectivity index (χ4n) is 13.4. The van der Waals surface area contributed by atoms with Gasteiger partial charge in [0.2, 0.25) is 5.91 Å². The van der Waals surface area contributed by atoms with Crippen LogP contribution >= 0.6 is 0 Å². The summed E-state index contributed by atoms with van der Waals surface area (Å²) < 4.78 is 11.9. The van der Waals surface area contributed by atoms with E-state index in [1.54, 1.807) is 18.7 Å². The zero-order valence-corrected chi connectivity index (χ0v) is 35.9. The van der Waals surface area contributed by atoms with Crippen LogP contribution in [0.15, 0.2) is 11.1 Å². The van der Waals surface area contributed by atoms with Crippen molar-refractivity contribution in [2.45, 2.75) is 183 Å². The lowest BCUT2D eigenvalue weighted by Crippen LogP contribution is -2.65. The summed E-state index contributed by atoms with van der Waals surface area (Å²) in [5.41, 5.74) is -0.494. The van der Waals surface area contributed by atoms with Crippen molar-refractivity contribution in [1.82, 2.24) is 10.2 Å². The monoisotopic (exact) mass is 767 g/mol. The van der Waals surface area contributed by atoms with Crippen molar-refractivity contribution >= 4 is 29.7 Å². The van der Waals surface area contributed by atoms with Gasteiger partial charge in [-0.05, 0) is 138 Å². The number of hydrogen-bond donors (Lipinski definition) is 2. The first-order valence-electron chi connectivity index (χ1n) is 21.3. The lowest BCUT2D eigenvalue weighted by Gasteiger charge is -2.70.